The van der Waals surface area contributed by atoms with Gasteiger partial charge in [0.25, 0.3) is 0 Å². The van der Waals surface area contributed by atoms with Crippen molar-refractivity contribution in [2.24, 2.45) is 0 Å². The van der Waals surface area contributed by atoms with Crippen LogP contribution in [0.25, 0.3) is 21.5 Å². The van der Waals surface area contributed by atoms with Crippen molar-refractivity contribution in [3.63, 3.8) is 0 Å². The molecule has 174 valence electrons. The summed E-state index contributed by atoms with van der Waals surface area (Å²) in [7, 11) is 0. The first-order valence-electron chi connectivity index (χ1n) is 12.1. The molecule has 1 saturated heterocycles. The van der Waals surface area contributed by atoms with Crippen molar-refractivity contribution in [1.29, 1.82) is 0 Å². The van der Waals surface area contributed by atoms with Crippen LogP contribution in [0.2, 0.25) is 0 Å². The van der Waals surface area contributed by atoms with Crippen molar-refractivity contribution >= 4 is 21.5 Å². The van der Waals surface area contributed by atoms with Gasteiger partial charge in [-0.05, 0) is 82.4 Å². The summed E-state index contributed by atoms with van der Waals surface area (Å²) in [5.74, 6) is 2.42. The molecule has 2 aliphatic heterocycles. The molecule has 1 N–H and O–H groups in total. The maximum Gasteiger partial charge on any atom is 0.231 e. The third-order valence-corrected chi connectivity index (χ3v) is 7.08. The van der Waals surface area contributed by atoms with E-state index in [1.54, 1.807) is 0 Å². The molecule has 4 aromatic rings. The lowest BCUT2D eigenvalue weighted by atomic mass is 9.95. The second kappa shape index (κ2) is 9.16. The SMILES string of the molecule is OC[C@@H]1CCCCN1Cc1cc2cc3c(cc2c2cc(OCc4ccccc4)ccc12)OCO3. The number of rotatable bonds is 6. The molecule has 2 aliphatic rings. The highest BCUT2D eigenvalue weighted by atomic mass is 16.7. The zero-order chi connectivity index (χ0) is 22.9. The number of fused-ring (bicyclic) bond motifs is 4. The summed E-state index contributed by atoms with van der Waals surface area (Å²) >= 11 is 0. The van der Waals surface area contributed by atoms with Gasteiger partial charge >= 0.3 is 0 Å². The van der Waals surface area contributed by atoms with E-state index >= 15 is 0 Å². The Labute approximate surface area is 199 Å². The highest BCUT2D eigenvalue weighted by Gasteiger charge is 2.23. The van der Waals surface area contributed by atoms with Gasteiger partial charge in [0.1, 0.15) is 12.4 Å². The van der Waals surface area contributed by atoms with E-state index in [0.29, 0.717) is 6.61 Å². The Hall–Kier alpha value is -3.28. The topological polar surface area (TPSA) is 51.2 Å². The minimum absolute atomic E-state index is 0.210. The van der Waals surface area contributed by atoms with Crippen molar-refractivity contribution in [2.45, 2.75) is 38.5 Å². The molecule has 0 unspecified atom stereocenters. The van der Waals surface area contributed by atoms with Gasteiger partial charge in [0, 0.05) is 12.6 Å². The molecule has 0 aliphatic carbocycles. The van der Waals surface area contributed by atoms with Crippen molar-refractivity contribution < 1.29 is 19.3 Å². The summed E-state index contributed by atoms with van der Waals surface area (Å²) in [4.78, 5) is 2.43. The van der Waals surface area contributed by atoms with Crippen LogP contribution in [0.5, 0.6) is 17.2 Å². The zero-order valence-corrected chi connectivity index (χ0v) is 19.2. The number of likely N-dealkylation sites (tertiary alicyclic amines) is 1. The van der Waals surface area contributed by atoms with Gasteiger partial charge in [0.05, 0.1) is 6.61 Å². The van der Waals surface area contributed by atoms with Crippen LogP contribution in [0.15, 0.2) is 66.7 Å². The van der Waals surface area contributed by atoms with Crippen LogP contribution >= 0.6 is 0 Å². The molecule has 0 saturated carbocycles. The first-order chi connectivity index (χ1) is 16.8. The molecule has 0 radical (unpaired) electrons. The van der Waals surface area contributed by atoms with Gasteiger partial charge in [-0.3, -0.25) is 4.90 Å². The molecule has 0 aromatic heterocycles. The standard InChI is InChI=1S/C29H29NO4/c31-17-23-8-4-5-11-30(23)16-22-12-21-13-28-29(34-19-33-28)15-26(21)27-14-24(9-10-25(22)27)32-18-20-6-2-1-3-7-20/h1-3,6-7,9-10,12-15,23,31H,4-5,8,11,16-19H2/t23-/m0/s1. The van der Waals surface area contributed by atoms with E-state index in [9.17, 15) is 5.11 Å². The van der Waals surface area contributed by atoms with Crippen LogP contribution in [0.1, 0.15) is 30.4 Å². The average Bonchev–Trinajstić information content (AvgIpc) is 3.35. The first kappa shape index (κ1) is 21.3. The summed E-state index contributed by atoms with van der Waals surface area (Å²) in [6.45, 7) is 2.83. The highest BCUT2D eigenvalue weighted by Crippen LogP contribution is 2.41. The Morgan fingerprint density at radius 2 is 1.74 bits per heavy atom. The van der Waals surface area contributed by atoms with Gasteiger partial charge in [-0.15, -0.1) is 0 Å². The Morgan fingerprint density at radius 3 is 2.59 bits per heavy atom. The van der Waals surface area contributed by atoms with Crippen LogP contribution in [0.4, 0.5) is 0 Å². The summed E-state index contributed by atoms with van der Waals surface area (Å²) < 4.78 is 17.5. The normalized spacial score (nSPS) is 18.0. The number of hydrogen-bond donors (Lipinski definition) is 1. The fraction of sp³-hybridized carbons (Fsp3) is 0.310. The molecule has 4 aromatic carbocycles. The Balaban J connectivity index is 1.42. The lowest BCUT2D eigenvalue weighted by molar-refractivity contribution is 0.0845. The molecule has 5 heteroatoms. The molecule has 5 nitrogen and oxygen atoms in total. The van der Waals surface area contributed by atoms with Crippen molar-refractivity contribution in [3.05, 3.63) is 77.9 Å². The highest BCUT2D eigenvalue weighted by molar-refractivity contribution is 6.10. The smallest absolute Gasteiger partial charge is 0.231 e. The fourth-order valence-electron chi connectivity index (χ4n) is 5.26. The molecular weight excluding hydrogens is 426 g/mol. The monoisotopic (exact) mass is 455 g/mol. The summed E-state index contributed by atoms with van der Waals surface area (Å²) in [5, 5.41) is 14.5. The van der Waals surface area contributed by atoms with E-state index in [2.05, 4.69) is 53.4 Å². The van der Waals surface area contributed by atoms with Gasteiger partial charge in [-0.1, -0.05) is 42.8 Å². The predicted octanol–water partition coefficient (Wildman–Crippen LogP) is 5.65. The Kier molecular flexibility index (Phi) is 5.73. The van der Waals surface area contributed by atoms with E-state index in [-0.39, 0.29) is 19.4 Å². The van der Waals surface area contributed by atoms with Crippen LogP contribution in [0, 0.1) is 0 Å². The molecule has 0 amide bonds. The van der Waals surface area contributed by atoms with Crippen molar-refractivity contribution in [1.82, 2.24) is 4.90 Å². The van der Waals surface area contributed by atoms with Gasteiger partial charge in [-0.25, -0.2) is 0 Å². The lowest BCUT2D eigenvalue weighted by Crippen LogP contribution is -2.41. The molecule has 0 spiro atoms. The van der Waals surface area contributed by atoms with Crippen LogP contribution in [-0.4, -0.2) is 36.0 Å². The van der Waals surface area contributed by atoms with E-state index in [0.717, 1.165) is 58.5 Å². The predicted molar refractivity (Wildman–Crippen MR) is 133 cm³/mol. The molecule has 0 bridgehead atoms. The zero-order valence-electron chi connectivity index (χ0n) is 19.2. The molecule has 1 atom stereocenters. The number of nitrogens with zero attached hydrogens (tertiary/aromatic N) is 1. The van der Waals surface area contributed by atoms with Gasteiger partial charge in [-0.2, -0.15) is 0 Å². The number of aliphatic hydroxyl groups is 1. The van der Waals surface area contributed by atoms with Crippen LogP contribution in [0.3, 0.4) is 0 Å². The first-order valence-corrected chi connectivity index (χ1v) is 12.1. The quantitative estimate of drug-likeness (QED) is 0.381. The van der Waals surface area contributed by atoms with Crippen molar-refractivity contribution in [2.75, 3.05) is 19.9 Å². The Morgan fingerprint density at radius 1 is 0.882 bits per heavy atom. The van der Waals surface area contributed by atoms with E-state index in [4.69, 9.17) is 14.2 Å². The summed E-state index contributed by atoms with van der Waals surface area (Å²) in [6, 6.07) is 23.3. The largest absolute Gasteiger partial charge is 0.489 e. The number of ether oxygens (including phenoxy) is 3. The van der Waals surface area contributed by atoms with Crippen molar-refractivity contribution in [3.8, 4) is 17.2 Å². The number of aliphatic hydroxyl groups excluding tert-OH is 1. The minimum Gasteiger partial charge on any atom is -0.489 e. The third kappa shape index (κ3) is 4.06. The maximum absolute atomic E-state index is 9.93. The third-order valence-electron chi connectivity index (χ3n) is 7.08. The van der Waals surface area contributed by atoms with E-state index in [1.165, 1.54) is 23.8 Å². The molecule has 1 fully saturated rings. The van der Waals surface area contributed by atoms with Gasteiger partial charge < -0.3 is 19.3 Å². The van der Waals surface area contributed by atoms with Gasteiger partial charge in [0.15, 0.2) is 11.5 Å². The number of piperidine rings is 1. The number of benzene rings is 4. The lowest BCUT2D eigenvalue weighted by Gasteiger charge is -2.35. The van der Waals surface area contributed by atoms with Crippen LogP contribution in [-0.2, 0) is 13.2 Å². The van der Waals surface area contributed by atoms with E-state index < -0.39 is 0 Å². The molecular formula is C29H29NO4. The summed E-state index contributed by atoms with van der Waals surface area (Å²) in [5.41, 5.74) is 2.40. The maximum atomic E-state index is 9.93. The minimum atomic E-state index is 0.210. The summed E-state index contributed by atoms with van der Waals surface area (Å²) in [6.07, 6.45) is 3.42. The fourth-order valence-corrected chi connectivity index (χ4v) is 5.26. The molecule has 2 heterocycles. The van der Waals surface area contributed by atoms with Gasteiger partial charge in [0.2, 0.25) is 6.79 Å². The number of hydrogen-bond acceptors (Lipinski definition) is 5. The second-order valence-corrected chi connectivity index (χ2v) is 9.25. The Bertz CT molecular complexity index is 1320. The van der Waals surface area contributed by atoms with Crippen LogP contribution < -0.4 is 14.2 Å². The average molecular weight is 456 g/mol. The second-order valence-electron chi connectivity index (χ2n) is 9.25. The molecule has 6 rings (SSSR count). The molecule has 34 heavy (non-hydrogen) atoms. The van der Waals surface area contributed by atoms with E-state index in [1.807, 2.05) is 18.2 Å².